The van der Waals surface area contributed by atoms with Gasteiger partial charge >= 0.3 is 6.01 Å². The number of carbonyl (C=O) groups is 1. The molecule has 0 spiro atoms. The summed E-state index contributed by atoms with van der Waals surface area (Å²) in [6.07, 6.45) is 5.27. The average Bonchev–Trinajstić information content (AvgIpc) is 3.47. The van der Waals surface area contributed by atoms with Crippen LogP contribution in [0.25, 0.3) is 11.4 Å². The van der Waals surface area contributed by atoms with E-state index in [1.54, 1.807) is 24.5 Å². The van der Waals surface area contributed by atoms with Gasteiger partial charge < -0.3 is 4.52 Å². The molecule has 0 unspecified atom stereocenters. The predicted molar refractivity (Wildman–Crippen MR) is 103 cm³/mol. The number of hydrogen-bond acceptors (Lipinski definition) is 8. The van der Waals surface area contributed by atoms with E-state index in [1.165, 1.54) is 24.3 Å². The molecular formula is C18H18N6O4S. The molecule has 1 aromatic carbocycles. The van der Waals surface area contributed by atoms with Crippen molar-refractivity contribution < 1.29 is 17.7 Å². The molecule has 150 valence electrons. The van der Waals surface area contributed by atoms with Crippen LogP contribution in [0.4, 0.5) is 6.01 Å². The first-order valence-corrected chi connectivity index (χ1v) is 10.4. The number of rotatable bonds is 8. The van der Waals surface area contributed by atoms with Gasteiger partial charge in [-0.05, 0) is 49.1 Å². The zero-order chi connectivity index (χ0) is 20.3. The van der Waals surface area contributed by atoms with Crippen LogP contribution < -0.4 is 15.6 Å². The molecule has 2 heterocycles. The summed E-state index contributed by atoms with van der Waals surface area (Å²) in [5, 5.41) is 3.81. The fourth-order valence-electron chi connectivity index (χ4n) is 2.51. The molecule has 3 aromatic rings. The number of hydrogen-bond donors (Lipinski definition) is 3. The molecule has 1 amide bonds. The molecule has 1 aliphatic rings. The number of aromatic nitrogens is 3. The number of benzene rings is 1. The summed E-state index contributed by atoms with van der Waals surface area (Å²) < 4.78 is 32.3. The second kappa shape index (κ2) is 7.97. The number of nitrogens with one attached hydrogen (secondary N) is 3. The van der Waals surface area contributed by atoms with Crippen molar-refractivity contribution >= 4 is 21.9 Å². The molecule has 10 nitrogen and oxygen atoms in total. The molecule has 0 bridgehead atoms. The standard InChI is InChI=1S/C18H18N6O4S/c25-17(22-23-18-21-16(24-28-18)13-6-8-19-9-7-13)14-2-1-3-15(10-14)29(26,27)20-11-12-4-5-12/h1-3,6-10,12,20H,4-5,11H2,(H,22,25)(H,21,23,24). The maximum absolute atomic E-state index is 12.4. The summed E-state index contributed by atoms with van der Waals surface area (Å²) in [7, 11) is -3.66. The van der Waals surface area contributed by atoms with Crippen molar-refractivity contribution in [3.63, 3.8) is 0 Å². The van der Waals surface area contributed by atoms with Gasteiger partial charge in [0.1, 0.15) is 0 Å². The fraction of sp³-hybridized carbons (Fsp3) is 0.222. The largest absolute Gasteiger partial charge is 0.340 e. The zero-order valence-electron chi connectivity index (χ0n) is 15.2. The fourth-order valence-corrected chi connectivity index (χ4v) is 3.67. The van der Waals surface area contributed by atoms with E-state index in [9.17, 15) is 13.2 Å². The van der Waals surface area contributed by atoms with Crippen molar-refractivity contribution in [1.82, 2.24) is 25.3 Å². The summed E-state index contributed by atoms with van der Waals surface area (Å²) in [5.41, 5.74) is 5.80. The minimum atomic E-state index is -3.66. The van der Waals surface area contributed by atoms with Crippen LogP contribution >= 0.6 is 0 Å². The van der Waals surface area contributed by atoms with Crippen LogP contribution in [0.3, 0.4) is 0 Å². The zero-order valence-corrected chi connectivity index (χ0v) is 16.0. The molecule has 1 saturated carbocycles. The Bertz CT molecular complexity index is 1110. The van der Waals surface area contributed by atoms with E-state index in [-0.39, 0.29) is 16.5 Å². The van der Waals surface area contributed by atoms with Crippen LogP contribution in [0.15, 0.2) is 58.2 Å². The van der Waals surface area contributed by atoms with Crippen molar-refractivity contribution in [2.75, 3.05) is 12.0 Å². The molecule has 1 fully saturated rings. The highest BCUT2D eigenvalue weighted by atomic mass is 32.2. The van der Waals surface area contributed by atoms with Crippen LogP contribution in [0, 0.1) is 5.92 Å². The van der Waals surface area contributed by atoms with Crippen molar-refractivity contribution in [2.24, 2.45) is 5.92 Å². The highest BCUT2D eigenvalue weighted by Gasteiger charge is 2.24. The number of nitrogens with zero attached hydrogens (tertiary/aromatic N) is 3. The molecule has 4 rings (SSSR count). The summed E-state index contributed by atoms with van der Waals surface area (Å²) in [5.74, 6) is 0.193. The number of pyridine rings is 1. The smallest absolute Gasteiger partial charge is 0.313 e. The Morgan fingerprint density at radius 2 is 1.97 bits per heavy atom. The number of hydrazine groups is 1. The maximum Gasteiger partial charge on any atom is 0.340 e. The van der Waals surface area contributed by atoms with Crippen molar-refractivity contribution in [2.45, 2.75) is 17.7 Å². The van der Waals surface area contributed by atoms with Crippen molar-refractivity contribution in [1.29, 1.82) is 0 Å². The van der Waals surface area contributed by atoms with E-state index in [0.29, 0.717) is 23.9 Å². The third-order valence-electron chi connectivity index (χ3n) is 4.31. The van der Waals surface area contributed by atoms with Gasteiger partial charge in [-0.25, -0.2) is 18.6 Å². The van der Waals surface area contributed by atoms with Gasteiger partial charge in [-0.1, -0.05) is 11.2 Å². The van der Waals surface area contributed by atoms with Crippen molar-refractivity contribution in [3.05, 3.63) is 54.4 Å². The molecule has 3 N–H and O–H groups in total. The number of sulfonamides is 1. The quantitative estimate of drug-likeness (QED) is 0.472. The Morgan fingerprint density at radius 1 is 1.17 bits per heavy atom. The number of amides is 1. The highest BCUT2D eigenvalue weighted by Crippen LogP contribution is 2.28. The molecule has 2 aromatic heterocycles. The first kappa shape index (κ1) is 19.0. The van der Waals surface area contributed by atoms with Crippen LogP contribution in [-0.4, -0.2) is 36.0 Å². The predicted octanol–water partition coefficient (Wildman–Crippen LogP) is 1.58. The second-order valence-corrected chi connectivity index (χ2v) is 8.33. The second-order valence-electron chi connectivity index (χ2n) is 6.56. The minimum absolute atomic E-state index is 0.0139. The third-order valence-corrected chi connectivity index (χ3v) is 5.73. The monoisotopic (exact) mass is 414 g/mol. The van der Waals surface area contributed by atoms with Crippen LogP contribution in [0.1, 0.15) is 23.2 Å². The molecule has 1 aliphatic carbocycles. The van der Waals surface area contributed by atoms with Gasteiger partial charge in [-0.15, -0.1) is 0 Å². The number of anilines is 1. The van der Waals surface area contributed by atoms with E-state index < -0.39 is 15.9 Å². The molecule has 0 atom stereocenters. The van der Waals surface area contributed by atoms with E-state index >= 15 is 0 Å². The first-order valence-electron chi connectivity index (χ1n) is 8.91. The first-order chi connectivity index (χ1) is 14.0. The average molecular weight is 414 g/mol. The van der Waals surface area contributed by atoms with Crippen LogP contribution in [0.5, 0.6) is 0 Å². The van der Waals surface area contributed by atoms with Gasteiger partial charge in [0.05, 0.1) is 4.90 Å². The Hall–Kier alpha value is -3.31. The Labute approximate surface area is 166 Å². The topological polar surface area (TPSA) is 139 Å². The van der Waals surface area contributed by atoms with E-state index in [4.69, 9.17) is 4.52 Å². The van der Waals surface area contributed by atoms with E-state index in [2.05, 4.69) is 30.7 Å². The van der Waals surface area contributed by atoms with Gasteiger partial charge in [0, 0.05) is 30.1 Å². The van der Waals surface area contributed by atoms with Crippen LogP contribution in [-0.2, 0) is 10.0 Å². The van der Waals surface area contributed by atoms with E-state index in [0.717, 1.165) is 12.8 Å². The minimum Gasteiger partial charge on any atom is -0.313 e. The van der Waals surface area contributed by atoms with Crippen LogP contribution in [0.2, 0.25) is 0 Å². The molecule has 0 radical (unpaired) electrons. The summed E-state index contributed by atoms with van der Waals surface area (Å²) in [6.45, 7) is 0.414. The lowest BCUT2D eigenvalue weighted by atomic mass is 10.2. The molecule has 0 aliphatic heterocycles. The van der Waals surface area contributed by atoms with Gasteiger partial charge in [-0.3, -0.25) is 15.2 Å². The lowest BCUT2D eigenvalue weighted by molar-refractivity contribution is 0.0961. The molecule has 29 heavy (non-hydrogen) atoms. The van der Waals surface area contributed by atoms with Gasteiger partial charge in [-0.2, -0.15) is 4.98 Å². The Kier molecular flexibility index (Phi) is 5.23. The highest BCUT2D eigenvalue weighted by molar-refractivity contribution is 7.89. The molecular weight excluding hydrogens is 396 g/mol. The molecule has 11 heteroatoms. The SMILES string of the molecule is O=C(NNc1nc(-c2ccncc2)no1)c1cccc(S(=O)(=O)NCC2CC2)c1. The van der Waals surface area contributed by atoms with E-state index in [1.807, 2.05) is 0 Å². The Balaban J connectivity index is 1.39. The lowest BCUT2D eigenvalue weighted by Gasteiger charge is -2.08. The van der Waals surface area contributed by atoms with Gasteiger partial charge in [0.25, 0.3) is 5.91 Å². The summed E-state index contributed by atoms with van der Waals surface area (Å²) in [4.78, 5) is 20.4. The van der Waals surface area contributed by atoms with Crippen molar-refractivity contribution in [3.8, 4) is 11.4 Å². The van der Waals surface area contributed by atoms with Gasteiger partial charge in [0.2, 0.25) is 15.8 Å². The maximum atomic E-state index is 12.4. The summed E-state index contributed by atoms with van der Waals surface area (Å²) in [6, 6.07) is 9.19. The third kappa shape index (κ3) is 4.76. The normalized spacial score (nSPS) is 13.8. The lowest BCUT2D eigenvalue weighted by Crippen LogP contribution is -2.30. The van der Waals surface area contributed by atoms with Gasteiger partial charge in [0.15, 0.2) is 0 Å². The Morgan fingerprint density at radius 3 is 2.72 bits per heavy atom. The summed E-state index contributed by atoms with van der Waals surface area (Å²) >= 11 is 0. The number of carbonyl (C=O) groups excluding carboxylic acids is 1. The molecule has 0 saturated heterocycles.